The Morgan fingerprint density at radius 3 is 1.59 bits per heavy atom. The van der Waals surface area contributed by atoms with Crippen LogP contribution in [0.25, 0.3) is 54.2 Å². The summed E-state index contributed by atoms with van der Waals surface area (Å²) in [5.74, 6) is 1.44. The summed E-state index contributed by atoms with van der Waals surface area (Å²) in [6, 6.07) is 58.0. The number of benzene rings is 8. The van der Waals surface area contributed by atoms with Gasteiger partial charge in [-0.2, -0.15) is 0 Å². The first kappa shape index (κ1) is 26.5. The van der Waals surface area contributed by atoms with E-state index < -0.39 is 0 Å². The third-order valence-corrected chi connectivity index (χ3v) is 9.57. The molecule has 0 saturated heterocycles. The molecule has 0 spiro atoms. The Morgan fingerprint density at radius 2 is 0.891 bits per heavy atom. The molecule has 0 bridgehead atoms. The van der Waals surface area contributed by atoms with Crippen LogP contribution in [0.3, 0.4) is 0 Å². The summed E-state index contributed by atoms with van der Waals surface area (Å²) in [4.78, 5) is 0. The molecule has 1 aliphatic rings. The molecule has 0 N–H and O–H groups in total. The third-order valence-electron chi connectivity index (χ3n) is 9.57. The van der Waals surface area contributed by atoms with Crippen LogP contribution in [0.1, 0.15) is 28.2 Å². The molecule has 1 aliphatic carbocycles. The second-order valence-electron chi connectivity index (χ2n) is 12.3. The lowest BCUT2D eigenvalue weighted by Gasteiger charge is -2.22. The van der Waals surface area contributed by atoms with Gasteiger partial charge < -0.3 is 0 Å². The second-order valence-corrected chi connectivity index (χ2v) is 12.3. The van der Waals surface area contributed by atoms with E-state index in [0.717, 1.165) is 0 Å². The van der Waals surface area contributed by atoms with E-state index in [0.29, 0.717) is 0 Å². The number of fused-ring (bicyclic) bond motifs is 5. The highest BCUT2D eigenvalue weighted by molar-refractivity contribution is 6.16. The van der Waals surface area contributed by atoms with Crippen molar-refractivity contribution in [3.05, 3.63) is 210 Å². The van der Waals surface area contributed by atoms with Crippen molar-refractivity contribution in [1.82, 2.24) is 0 Å². The first-order valence-corrected chi connectivity index (χ1v) is 16.1. The first-order valence-electron chi connectivity index (χ1n) is 16.1. The van der Waals surface area contributed by atoms with E-state index in [1.165, 1.54) is 82.4 Å². The van der Waals surface area contributed by atoms with E-state index in [9.17, 15) is 0 Å². The van der Waals surface area contributed by atoms with E-state index >= 15 is 0 Å². The monoisotopic (exact) mass is 583 g/mol. The lowest BCUT2D eigenvalue weighted by atomic mass is 9.77. The smallest absolute Gasteiger partial charge is 0.0635 e. The summed E-state index contributed by atoms with van der Waals surface area (Å²) in [7, 11) is 0. The standard InChI is InChI=1S/C46H31/c1-3-13-31(14-4-1)45(32-15-5-2-6-16-32)41-24-12-23-40(46(41)33-17-7-8-18-33)39-22-11-21-36-28-38-26-25-37-27-34-19-9-10-20-35(34)29-42(37)44(38)30-43(36)39/h1-30,33H/q+1. The minimum Gasteiger partial charge on any atom is -0.0679 e. The van der Waals surface area contributed by atoms with Gasteiger partial charge in [-0.1, -0.05) is 91.0 Å². The van der Waals surface area contributed by atoms with Gasteiger partial charge in [-0.25, -0.2) is 0 Å². The molecule has 0 aliphatic heterocycles. The highest BCUT2D eigenvalue weighted by Gasteiger charge is 2.30. The van der Waals surface area contributed by atoms with Crippen LogP contribution in [-0.2, 0) is 0 Å². The van der Waals surface area contributed by atoms with E-state index in [4.69, 9.17) is 0 Å². The molecular formula is C46H31+. The molecule has 46 heavy (non-hydrogen) atoms. The summed E-state index contributed by atoms with van der Waals surface area (Å²) < 4.78 is 0. The Labute approximate surface area is 269 Å². The summed E-state index contributed by atoms with van der Waals surface area (Å²) in [5.41, 5.74) is 7.60. The SMILES string of the molecule is C1=CC(c2c(-c3cccc4cc5ccc6cc7ccccc7cc6c5cc34)cccc2[C+](c2ccccc2)c2ccccc2)C=C1. The molecular weight excluding hydrogens is 553 g/mol. The molecule has 0 atom stereocenters. The summed E-state index contributed by atoms with van der Waals surface area (Å²) in [5, 5.41) is 10.2. The van der Waals surface area contributed by atoms with Crippen LogP contribution in [0, 0.1) is 5.92 Å². The van der Waals surface area contributed by atoms with Crippen molar-refractivity contribution >= 4 is 43.1 Å². The van der Waals surface area contributed by atoms with E-state index in [1.54, 1.807) is 0 Å². The van der Waals surface area contributed by atoms with E-state index in [1.807, 2.05) is 0 Å². The van der Waals surface area contributed by atoms with Crippen molar-refractivity contribution in [2.24, 2.45) is 0 Å². The van der Waals surface area contributed by atoms with Crippen LogP contribution >= 0.6 is 0 Å². The van der Waals surface area contributed by atoms with Crippen LogP contribution in [0.5, 0.6) is 0 Å². The molecule has 0 saturated carbocycles. The molecule has 0 aromatic heterocycles. The largest absolute Gasteiger partial charge is 0.0679 e. The van der Waals surface area contributed by atoms with Gasteiger partial charge in [0.25, 0.3) is 0 Å². The maximum absolute atomic E-state index is 2.44. The van der Waals surface area contributed by atoms with Crippen LogP contribution in [-0.4, -0.2) is 0 Å². The van der Waals surface area contributed by atoms with Gasteiger partial charge in [-0.05, 0) is 140 Å². The zero-order valence-electron chi connectivity index (χ0n) is 25.4. The number of allylic oxidation sites excluding steroid dienone is 4. The Balaban J connectivity index is 1.33. The maximum Gasteiger partial charge on any atom is 0.0635 e. The van der Waals surface area contributed by atoms with E-state index in [2.05, 4.69) is 182 Å². The second kappa shape index (κ2) is 10.9. The van der Waals surface area contributed by atoms with Crippen molar-refractivity contribution in [3.63, 3.8) is 0 Å². The minimum absolute atomic E-state index is 0.177. The van der Waals surface area contributed by atoms with Crippen molar-refractivity contribution in [3.8, 4) is 11.1 Å². The normalized spacial score (nSPS) is 13.0. The molecule has 0 nitrogen and oxygen atoms in total. The Kier molecular flexibility index (Phi) is 6.32. The maximum atomic E-state index is 2.44. The quantitative estimate of drug-likeness (QED) is 0.0818. The van der Waals surface area contributed by atoms with Crippen molar-refractivity contribution < 1.29 is 0 Å². The third kappa shape index (κ3) is 4.42. The average Bonchev–Trinajstić information content (AvgIpc) is 3.66. The van der Waals surface area contributed by atoms with Gasteiger partial charge in [0.1, 0.15) is 0 Å². The van der Waals surface area contributed by atoms with Gasteiger partial charge >= 0.3 is 0 Å². The number of rotatable bonds is 5. The highest BCUT2D eigenvalue weighted by Crippen LogP contribution is 2.44. The number of hydrogen-bond donors (Lipinski definition) is 0. The molecule has 0 fully saturated rings. The Bertz CT molecular complexity index is 2410. The van der Waals surface area contributed by atoms with Gasteiger partial charge in [0.05, 0.1) is 22.6 Å². The first-order chi connectivity index (χ1) is 22.8. The summed E-state index contributed by atoms with van der Waals surface area (Å²) in [6.45, 7) is 0. The molecule has 0 radical (unpaired) electrons. The average molecular weight is 584 g/mol. The molecule has 0 amide bonds. The molecule has 0 heteroatoms. The number of hydrogen-bond acceptors (Lipinski definition) is 0. The van der Waals surface area contributed by atoms with Crippen LogP contribution < -0.4 is 0 Å². The predicted octanol–water partition coefficient (Wildman–Crippen LogP) is 12.2. The van der Waals surface area contributed by atoms with Crippen LogP contribution in [0.15, 0.2) is 182 Å². The fraction of sp³-hybridized carbons (Fsp3) is 0.0217. The van der Waals surface area contributed by atoms with Gasteiger partial charge in [-0.15, -0.1) is 0 Å². The molecule has 0 heterocycles. The van der Waals surface area contributed by atoms with E-state index in [-0.39, 0.29) is 5.92 Å². The lowest BCUT2D eigenvalue weighted by molar-refractivity contribution is 1.06. The zero-order chi connectivity index (χ0) is 30.5. The topological polar surface area (TPSA) is 0 Å². The lowest BCUT2D eigenvalue weighted by Crippen LogP contribution is -2.10. The minimum atomic E-state index is 0.177. The van der Waals surface area contributed by atoms with Crippen molar-refractivity contribution in [2.45, 2.75) is 5.92 Å². The molecule has 8 aromatic carbocycles. The van der Waals surface area contributed by atoms with Crippen molar-refractivity contribution in [1.29, 1.82) is 0 Å². The fourth-order valence-electron chi connectivity index (χ4n) is 7.45. The molecule has 9 rings (SSSR count). The molecule has 8 aromatic rings. The van der Waals surface area contributed by atoms with Gasteiger partial charge in [0, 0.05) is 17.0 Å². The van der Waals surface area contributed by atoms with Crippen LogP contribution in [0.2, 0.25) is 0 Å². The fourth-order valence-corrected chi connectivity index (χ4v) is 7.45. The molecule has 0 unspecified atom stereocenters. The summed E-state index contributed by atoms with van der Waals surface area (Å²) >= 11 is 0. The highest BCUT2D eigenvalue weighted by atomic mass is 14.3. The van der Waals surface area contributed by atoms with Gasteiger partial charge in [-0.3, -0.25) is 0 Å². The van der Waals surface area contributed by atoms with Crippen molar-refractivity contribution in [2.75, 3.05) is 0 Å². The summed E-state index contributed by atoms with van der Waals surface area (Å²) in [6.07, 6.45) is 9.02. The Hall–Kier alpha value is -5.85. The molecule has 214 valence electrons. The Morgan fingerprint density at radius 1 is 0.370 bits per heavy atom. The zero-order valence-corrected chi connectivity index (χ0v) is 25.4. The van der Waals surface area contributed by atoms with Crippen LogP contribution in [0.4, 0.5) is 0 Å². The van der Waals surface area contributed by atoms with Gasteiger partial charge in [0.2, 0.25) is 0 Å². The predicted molar refractivity (Wildman–Crippen MR) is 196 cm³/mol. The van der Waals surface area contributed by atoms with Gasteiger partial charge in [0.15, 0.2) is 0 Å².